The number of carbonyl (C=O) groups excluding carboxylic acids is 2. The van der Waals surface area contributed by atoms with Crippen LogP contribution in [-0.2, 0) is 24.4 Å². The molecule has 0 amide bonds. The van der Waals surface area contributed by atoms with E-state index in [9.17, 15) is 24.9 Å². The molecule has 0 unspecified atom stereocenters. The minimum absolute atomic E-state index is 0.0560. The summed E-state index contributed by atoms with van der Waals surface area (Å²) >= 11 is 0. The van der Waals surface area contributed by atoms with Gasteiger partial charge in [-0.05, 0) is 67.8 Å². The van der Waals surface area contributed by atoms with Gasteiger partial charge in [0.25, 0.3) is 5.88 Å². The highest BCUT2D eigenvalue weighted by molar-refractivity contribution is 6.26. The van der Waals surface area contributed by atoms with Gasteiger partial charge in [-0.15, -0.1) is 0 Å². The lowest BCUT2D eigenvalue weighted by Gasteiger charge is -2.49. The zero-order valence-corrected chi connectivity index (χ0v) is 27.0. The van der Waals surface area contributed by atoms with Gasteiger partial charge in [-0.2, -0.15) is 0 Å². The molecule has 244 valence electrons. The van der Waals surface area contributed by atoms with Crippen molar-refractivity contribution in [2.24, 2.45) is 11.8 Å². The first-order chi connectivity index (χ1) is 22.5. The fourth-order valence-electron chi connectivity index (χ4n) is 7.97. The second-order valence-corrected chi connectivity index (χ2v) is 13.2. The van der Waals surface area contributed by atoms with Gasteiger partial charge >= 0.3 is 0 Å². The van der Waals surface area contributed by atoms with Gasteiger partial charge in [0.15, 0.2) is 11.4 Å². The fourth-order valence-corrected chi connectivity index (χ4v) is 7.97. The van der Waals surface area contributed by atoms with Crippen molar-refractivity contribution >= 4 is 33.8 Å². The van der Waals surface area contributed by atoms with Crippen LogP contribution in [0.2, 0.25) is 0 Å². The molecule has 0 radical (unpaired) electrons. The predicted molar refractivity (Wildman–Crippen MR) is 176 cm³/mol. The highest BCUT2D eigenvalue weighted by Gasteiger charge is 2.65. The molecular weight excluding hydrogens is 600 g/mol. The first-order valence-electron chi connectivity index (χ1n) is 15.7. The Bertz CT molecular complexity index is 1970. The number of ether oxygens (including phenoxy) is 1. The number of hydrogen-bond donors (Lipinski definition) is 4. The van der Waals surface area contributed by atoms with Gasteiger partial charge in [0.1, 0.15) is 23.7 Å². The third-order valence-electron chi connectivity index (χ3n) is 9.95. The van der Waals surface area contributed by atoms with E-state index >= 15 is 0 Å². The van der Waals surface area contributed by atoms with Crippen LogP contribution >= 0.6 is 0 Å². The van der Waals surface area contributed by atoms with Crippen molar-refractivity contribution in [3.05, 3.63) is 87.7 Å². The summed E-state index contributed by atoms with van der Waals surface area (Å²) in [5, 5.41) is 44.4. The van der Waals surface area contributed by atoms with Crippen molar-refractivity contribution in [2.45, 2.75) is 37.6 Å². The third-order valence-corrected chi connectivity index (χ3v) is 9.95. The monoisotopic (exact) mass is 638 g/mol. The van der Waals surface area contributed by atoms with Crippen LogP contribution in [-0.4, -0.2) is 77.8 Å². The molecule has 1 aromatic heterocycles. The smallest absolute Gasteiger partial charge is 0.265 e. The number of ketones is 2. The van der Waals surface area contributed by atoms with E-state index < -0.39 is 40.8 Å². The molecule has 1 fully saturated rings. The van der Waals surface area contributed by atoms with Gasteiger partial charge in [-0.1, -0.05) is 42.5 Å². The summed E-state index contributed by atoms with van der Waals surface area (Å²) in [5.74, 6) is -3.63. The van der Waals surface area contributed by atoms with Crippen LogP contribution in [0.4, 0.5) is 5.69 Å². The Balaban J connectivity index is 1.38. The van der Waals surface area contributed by atoms with Crippen molar-refractivity contribution in [1.82, 2.24) is 15.4 Å². The standard InChI is InChI=1S/C36H38N4O7/c1-37-16-19-11-12-21-22(13-19)30(41)26-23(28(21)39(2)3)14-20-15-24-29(40(4)5)32-27(34(44)36(24,45)33(43)25(20)31(26)42)35(38-47-32)46-17-18-9-7-6-8-10-18/h6-13,20,24,29,37,41-42,45H,14-17H2,1-5H3/t20-,24-,29-,36-/m0/s1. The summed E-state index contributed by atoms with van der Waals surface area (Å²) in [6, 6.07) is 14.5. The number of aliphatic hydroxyl groups excluding tert-OH is 1. The van der Waals surface area contributed by atoms with Crippen LogP contribution in [0.15, 0.2) is 58.6 Å². The molecule has 0 bridgehead atoms. The normalized spacial score (nSPS) is 23.4. The van der Waals surface area contributed by atoms with E-state index in [-0.39, 0.29) is 47.1 Å². The molecule has 3 aliphatic carbocycles. The molecule has 47 heavy (non-hydrogen) atoms. The number of carbonyl (C=O) groups is 2. The number of hydrogen-bond acceptors (Lipinski definition) is 11. The van der Waals surface area contributed by atoms with E-state index in [1.165, 1.54) is 0 Å². The van der Waals surface area contributed by atoms with Crippen molar-refractivity contribution in [3.63, 3.8) is 0 Å². The zero-order valence-electron chi connectivity index (χ0n) is 27.0. The van der Waals surface area contributed by atoms with Crippen molar-refractivity contribution in [3.8, 4) is 11.6 Å². The van der Waals surface area contributed by atoms with E-state index in [2.05, 4.69) is 10.5 Å². The molecule has 4 aromatic rings. The van der Waals surface area contributed by atoms with Gasteiger partial charge in [0, 0.05) is 48.6 Å². The molecule has 0 spiro atoms. The summed E-state index contributed by atoms with van der Waals surface area (Å²) in [5.41, 5.74) is 0.783. The Hall–Kier alpha value is -4.71. The maximum absolute atomic E-state index is 14.6. The second kappa shape index (κ2) is 11.2. The van der Waals surface area contributed by atoms with Crippen LogP contribution in [0.25, 0.3) is 16.5 Å². The number of aliphatic hydroxyl groups is 2. The number of rotatable bonds is 7. The van der Waals surface area contributed by atoms with E-state index in [0.29, 0.717) is 23.9 Å². The highest BCUT2D eigenvalue weighted by Crippen LogP contribution is 2.57. The number of Topliss-reactive ketones (excluding diaryl/α,β-unsaturated/α-hetero) is 2. The Morgan fingerprint density at radius 2 is 1.74 bits per heavy atom. The summed E-state index contributed by atoms with van der Waals surface area (Å²) < 4.78 is 11.7. The minimum atomic E-state index is -2.52. The number of fused-ring (bicyclic) bond motifs is 5. The first-order valence-corrected chi connectivity index (χ1v) is 15.7. The van der Waals surface area contributed by atoms with E-state index in [1.54, 1.807) is 19.0 Å². The van der Waals surface area contributed by atoms with Crippen LogP contribution < -0.4 is 15.0 Å². The molecule has 4 N–H and O–H groups in total. The number of aromatic hydroxyl groups is 1. The molecule has 1 saturated carbocycles. The maximum Gasteiger partial charge on any atom is 0.265 e. The van der Waals surface area contributed by atoms with Crippen LogP contribution in [0.3, 0.4) is 0 Å². The van der Waals surface area contributed by atoms with Gasteiger partial charge < -0.3 is 34.8 Å². The largest absolute Gasteiger partial charge is 0.507 e. The SMILES string of the molecule is CNCc1ccc2c(N(C)C)c3c(c(O)c2c1)C(O)=C1C(=O)[C@]2(O)C(=O)c4c(OCc5ccccc5)noc4[C@@H](N(C)C)[C@@H]2C[C@@H]1C3. The number of nitrogens with one attached hydrogen (secondary N) is 1. The Morgan fingerprint density at radius 1 is 1.00 bits per heavy atom. The predicted octanol–water partition coefficient (Wildman–Crippen LogP) is 4.16. The van der Waals surface area contributed by atoms with Gasteiger partial charge in [-0.25, -0.2) is 0 Å². The first kappa shape index (κ1) is 30.9. The molecule has 3 aliphatic rings. The summed E-state index contributed by atoms with van der Waals surface area (Å²) in [6.45, 7) is 0.667. The average molecular weight is 639 g/mol. The van der Waals surface area contributed by atoms with Gasteiger partial charge in [-0.3, -0.25) is 14.5 Å². The Labute approximate surface area is 272 Å². The van der Waals surface area contributed by atoms with E-state index in [0.717, 1.165) is 22.2 Å². The molecule has 11 heteroatoms. The molecule has 3 aromatic carbocycles. The molecule has 0 saturated heterocycles. The van der Waals surface area contributed by atoms with E-state index in [1.807, 2.05) is 74.6 Å². The van der Waals surface area contributed by atoms with Crippen LogP contribution in [0.5, 0.6) is 11.6 Å². The summed E-state index contributed by atoms with van der Waals surface area (Å²) in [6.07, 6.45) is 0.508. The maximum atomic E-state index is 14.6. The van der Waals surface area contributed by atoms with Gasteiger partial charge in [0.2, 0.25) is 11.6 Å². The molecule has 0 aliphatic heterocycles. The van der Waals surface area contributed by atoms with Crippen molar-refractivity contribution < 1.29 is 34.2 Å². The van der Waals surface area contributed by atoms with Crippen LogP contribution in [0.1, 0.15) is 50.8 Å². The Kier molecular flexibility index (Phi) is 7.38. The third kappa shape index (κ3) is 4.48. The summed E-state index contributed by atoms with van der Waals surface area (Å²) in [7, 11) is 9.22. The minimum Gasteiger partial charge on any atom is -0.507 e. The molecule has 1 heterocycles. The molecular formula is C36H38N4O7. The van der Waals surface area contributed by atoms with Gasteiger partial charge in [0.05, 0.1) is 11.6 Å². The number of phenols is 1. The average Bonchev–Trinajstić information content (AvgIpc) is 3.46. The lowest BCUT2D eigenvalue weighted by Crippen LogP contribution is -2.63. The highest BCUT2D eigenvalue weighted by atomic mass is 16.5. The number of benzene rings is 3. The lowest BCUT2D eigenvalue weighted by molar-refractivity contribution is -0.142. The lowest BCUT2D eigenvalue weighted by atomic mass is 9.57. The number of phenolic OH excluding ortho intramolecular Hbond substituents is 1. The van der Waals surface area contributed by atoms with Crippen molar-refractivity contribution in [1.29, 1.82) is 0 Å². The second-order valence-electron chi connectivity index (χ2n) is 13.2. The van der Waals surface area contributed by atoms with Crippen LogP contribution in [0, 0.1) is 11.8 Å². The van der Waals surface area contributed by atoms with Crippen molar-refractivity contribution in [2.75, 3.05) is 40.1 Å². The number of nitrogens with zero attached hydrogens (tertiary/aromatic N) is 3. The molecule has 11 nitrogen and oxygen atoms in total. The summed E-state index contributed by atoms with van der Waals surface area (Å²) in [4.78, 5) is 32.6. The number of anilines is 1. The fraction of sp³-hybridized carbons (Fsp3) is 0.361. The Morgan fingerprint density at radius 3 is 2.43 bits per heavy atom. The number of aromatic nitrogens is 1. The molecule has 7 rings (SSSR count). The van der Waals surface area contributed by atoms with E-state index in [4.69, 9.17) is 9.26 Å². The zero-order chi connectivity index (χ0) is 33.4. The topological polar surface area (TPSA) is 149 Å². The quantitative estimate of drug-likeness (QED) is 0.216. The molecule has 4 atom stereocenters.